The van der Waals surface area contributed by atoms with Crippen LogP contribution in [0.1, 0.15) is 13.8 Å². The quantitative estimate of drug-likeness (QED) is 0.440. The Bertz CT molecular complexity index is 49.7. The fourth-order valence-electron chi connectivity index (χ4n) is 0.340. The van der Waals surface area contributed by atoms with Gasteiger partial charge in [-0.1, -0.05) is 12.8 Å². The van der Waals surface area contributed by atoms with Crippen molar-refractivity contribution in [3.63, 3.8) is 0 Å². The van der Waals surface area contributed by atoms with E-state index in [1.165, 1.54) is 0 Å². The lowest BCUT2D eigenvalue weighted by molar-refractivity contribution is 0.0838. The Labute approximate surface area is 56.2 Å². The molecule has 50 valence electrons. The minimum Gasteiger partial charge on any atom is -0.377 e. The molecule has 0 atom stereocenters. The second kappa shape index (κ2) is 5.41. The fourth-order valence-corrected chi connectivity index (χ4v) is 0.432. The van der Waals surface area contributed by atoms with Gasteiger partial charge < -0.3 is 4.74 Å². The number of nitrogens with one attached hydrogen (secondary N) is 1. The van der Waals surface area contributed by atoms with E-state index in [1.807, 2.05) is 13.8 Å². The number of rotatable bonds is 4. The smallest absolute Gasteiger partial charge is 0.0603 e. The largest absolute Gasteiger partial charge is 0.377 e. The maximum absolute atomic E-state index is 5.17. The van der Waals surface area contributed by atoms with E-state index in [9.17, 15) is 0 Å². The first-order valence-electron chi connectivity index (χ1n) is 2.76. The van der Waals surface area contributed by atoms with E-state index >= 15 is 0 Å². The number of thiol groups is 1. The molecule has 0 spiro atoms. The van der Waals surface area contributed by atoms with Crippen LogP contribution in [-0.4, -0.2) is 19.3 Å². The van der Waals surface area contributed by atoms with Crippen molar-refractivity contribution in [3.8, 4) is 0 Å². The van der Waals surface area contributed by atoms with Crippen molar-refractivity contribution in [2.45, 2.75) is 20.0 Å². The highest BCUT2D eigenvalue weighted by Crippen LogP contribution is 1.84. The topological polar surface area (TPSA) is 21.3 Å². The highest BCUT2D eigenvalue weighted by molar-refractivity contribution is 7.78. The van der Waals surface area contributed by atoms with Crippen LogP contribution >= 0.6 is 12.8 Å². The van der Waals surface area contributed by atoms with Gasteiger partial charge in [-0.2, -0.15) is 0 Å². The first-order valence-corrected chi connectivity index (χ1v) is 3.20. The molecule has 0 heterocycles. The second-order valence-corrected chi connectivity index (χ2v) is 2.14. The standard InChI is InChI=1S/C5H13NOS/c1-5(2)7-4-3-6-8/h5-6,8H,3-4H2,1-2H3. The Morgan fingerprint density at radius 1 is 1.62 bits per heavy atom. The van der Waals surface area contributed by atoms with Crippen molar-refractivity contribution in [2.24, 2.45) is 0 Å². The van der Waals surface area contributed by atoms with Crippen molar-refractivity contribution < 1.29 is 4.74 Å². The Hall–Kier alpha value is 0.270. The molecule has 2 nitrogen and oxygen atoms in total. The molecule has 0 aromatic carbocycles. The van der Waals surface area contributed by atoms with Gasteiger partial charge in [0, 0.05) is 6.54 Å². The Kier molecular flexibility index (Phi) is 5.59. The monoisotopic (exact) mass is 135 g/mol. The predicted octanol–water partition coefficient (Wildman–Crippen LogP) is 0.846. The molecule has 1 N–H and O–H groups in total. The highest BCUT2D eigenvalue weighted by Gasteiger charge is 1.88. The van der Waals surface area contributed by atoms with Crippen molar-refractivity contribution in [2.75, 3.05) is 13.2 Å². The summed E-state index contributed by atoms with van der Waals surface area (Å²) in [5.74, 6) is 0. The van der Waals surface area contributed by atoms with Crippen LogP contribution in [0.5, 0.6) is 0 Å². The molecule has 0 aliphatic carbocycles. The molecule has 0 bridgehead atoms. The Morgan fingerprint density at radius 2 is 2.25 bits per heavy atom. The van der Waals surface area contributed by atoms with Crippen LogP contribution in [0.25, 0.3) is 0 Å². The number of ether oxygens (including phenoxy) is 1. The summed E-state index contributed by atoms with van der Waals surface area (Å²) in [6.07, 6.45) is 0.330. The van der Waals surface area contributed by atoms with Gasteiger partial charge in [-0.3, -0.25) is 4.72 Å². The molecule has 0 saturated heterocycles. The van der Waals surface area contributed by atoms with Gasteiger partial charge in [-0.05, 0) is 13.8 Å². The Balaban J connectivity index is 2.72. The van der Waals surface area contributed by atoms with Crippen LogP contribution < -0.4 is 4.72 Å². The third-order valence-electron chi connectivity index (χ3n) is 0.665. The molecule has 0 aliphatic heterocycles. The molecule has 0 fully saturated rings. The maximum Gasteiger partial charge on any atom is 0.0603 e. The summed E-state index contributed by atoms with van der Waals surface area (Å²) in [6.45, 7) is 5.57. The first kappa shape index (κ1) is 8.27. The molecule has 0 aromatic rings. The van der Waals surface area contributed by atoms with Crippen LogP contribution in [0, 0.1) is 0 Å². The van der Waals surface area contributed by atoms with Crippen LogP contribution in [-0.2, 0) is 4.74 Å². The average molecular weight is 135 g/mol. The third-order valence-corrected chi connectivity index (χ3v) is 0.889. The van der Waals surface area contributed by atoms with Crippen LogP contribution in [0.15, 0.2) is 0 Å². The highest BCUT2D eigenvalue weighted by atomic mass is 32.1. The van der Waals surface area contributed by atoms with Gasteiger partial charge in [0.2, 0.25) is 0 Å². The molecule has 3 heteroatoms. The Morgan fingerprint density at radius 3 is 2.62 bits per heavy atom. The molecule has 8 heavy (non-hydrogen) atoms. The third kappa shape index (κ3) is 6.27. The van der Waals surface area contributed by atoms with E-state index in [0.29, 0.717) is 6.10 Å². The van der Waals surface area contributed by atoms with E-state index in [1.54, 1.807) is 0 Å². The average Bonchev–Trinajstić information content (AvgIpc) is 1.66. The first-order chi connectivity index (χ1) is 3.77. The summed E-state index contributed by atoms with van der Waals surface area (Å²) >= 11 is 3.79. The molecule has 0 aromatic heterocycles. The summed E-state index contributed by atoms with van der Waals surface area (Å²) in [6, 6.07) is 0. The van der Waals surface area contributed by atoms with Crippen molar-refractivity contribution in [1.29, 1.82) is 0 Å². The van der Waals surface area contributed by atoms with Gasteiger partial charge in [-0.15, -0.1) is 0 Å². The molecule has 0 saturated carbocycles. The lowest BCUT2D eigenvalue weighted by atomic mass is 10.5. The predicted molar refractivity (Wildman–Crippen MR) is 38.1 cm³/mol. The fraction of sp³-hybridized carbons (Fsp3) is 1.00. The van der Waals surface area contributed by atoms with Gasteiger partial charge in [0.25, 0.3) is 0 Å². The molecule has 0 rings (SSSR count). The van der Waals surface area contributed by atoms with E-state index < -0.39 is 0 Å². The molecule has 0 radical (unpaired) electrons. The molecule has 0 aliphatic rings. The van der Waals surface area contributed by atoms with Gasteiger partial charge in [0.1, 0.15) is 0 Å². The van der Waals surface area contributed by atoms with Crippen molar-refractivity contribution in [1.82, 2.24) is 4.72 Å². The molecular formula is C5H13NOS. The minimum atomic E-state index is 0.330. The van der Waals surface area contributed by atoms with Crippen LogP contribution in [0.4, 0.5) is 0 Å². The van der Waals surface area contributed by atoms with Gasteiger partial charge >= 0.3 is 0 Å². The minimum absolute atomic E-state index is 0.330. The van der Waals surface area contributed by atoms with E-state index in [0.717, 1.165) is 13.2 Å². The molecular weight excluding hydrogens is 122 g/mol. The van der Waals surface area contributed by atoms with Gasteiger partial charge in [-0.25, -0.2) is 0 Å². The lowest BCUT2D eigenvalue weighted by Crippen LogP contribution is -2.13. The SMILES string of the molecule is CC(C)OCCNS. The number of hydrogen-bond donors (Lipinski definition) is 2. The summed E-state index contributed by atoms with van der Waals surface area (Å²) in [5.41, 5.74) is 0. The normalized spacial score (nSPS) is 10.5. The summed E-state index contributed by atoms with van der Waals surface area (Å²) < 4.78 is 7.86. The van der Waals surface area contributed by atoms with E-state index in [2.05, 4.69) is 17.5 Å². The summed E-state index contributed by atoms with van der Waals surface area (Å²) in [5, 5.41) is 0. The lowest BCUT2D eigenvalue weighted by Gasteiger charge is -2.04. The zero-order valence-electron chi connectivity index (χ0n) is 5.35. The van der Waals surface area contributed by atoms with Crippen molar-refractivity contribution >= 4 is 12.8 Å². The van der Waals surface area contributed by atoms with E-state index in [4.69, 9.17) is 4.74 Å². The zero-order valence-corrected chi connectivity index (χ0v) is 6.24. The van der Waals surface area contributed by atoms with Gasteiger partial charge in [0.05, 0.1) is 12.7 Å². The molecule has 0 unspecified atom stereocenters. The second-order valence-electron chi connectivity index (χ2n) is 1.83. The maximum atomic E-state index is 5.17. The van der Waals surface area contributed by atoms with Gasteiger partial charge in [0.15, 0.2) is 0 Å². The summed E-state index contributed by atoms with van der Waals surface area (Å²) in [7, 11) is 0. The van der Waals surface area contributed by atoms with Crippen LogP contribution in [0.3, 0.4) is 0 Å². The zero-order chi connectivity index (χ0) is 6.41. The molecule has 0 amide bonds. The van der Waals surface area contributed by atoms with E-state index in [-0.39, 0.29) is 0 Å². The van der Waals surface area contributed by atoms with Crippen LogP contribution in [0.2, 0.25) is 0 Å². The number of hydrogen-bond acceptors (Lipinski definition) is 3. The summed E-state index contributed by atoms with van der Waals surface area (Å²) in [4.78, 5) is 0. The van der Waals surface area contributed by atoms with Crippen molar-refractivity contribution in [3.05, 3.63) is 0 Å².